The van der Waals surface area contributed by atoms with Gasteiger partial charge in [0.15, 0.2) is 0 Å². The monoisotopic (exact) mass is 342 g/mol. The van der Waals surface area contributed by atoms with E-state index in [2.05, 4.69) is 19.9 Å². The number of aromatic nitrogens is 4. The summed E-state index contributed by atoms with van der Waals surface area (Å²) >= 11 is 1.37. The van der Waals surface area contributed by atoms with Crippen molar-refractivity contribution in [3.05, 3.63) is 51.8 Å². The van der Waals surface area contributed by atoms with E-state index in [1.54, 1.807) is 11.6 Å². The molecule has 0 amide bonds. The van der Waals surface area contributed by atoms with E-state index >= 15 is 0 Å². The maximum Gasteiger partial charge on any atom is 0.372 e. The molecule has 0 unspecified atom stereocenters. The van der Waals surface area contributed by atoms with Gasteiger partial charge in [0.2, 0.25) is 5.82 Å². The number of nitrogens with one attached hydrogen (secondary N) is 1. The number of nitrogens with zero attached hydrogens (tertiary/aromatic N) is 5. The summed E-state index contributed by atoms with van der Waals surface area (Å²) < 4.78 is 3.58. The average molecular weight is 342 g/mol. The Kier molecular flexibility index (Phi) is 3.42. The summed E-state index contributed by atoms with van der Waals surface area (Å²) in [6.07, 6.45) is 1.66. The molecule has 0 aliphatic rings. The van der Waals surface area contributed by atoms with Gasteiger partial charge in [-0.1, -0.05) is 23.5 Å². The summed E-state index contributed by atoms with van der Waals surface area (Å²) in [6, 6.07) is 7.92. The number of nitro groups is 1. The SMILES string of the molecule is Cc1nc2ccccc2n1CCNc1nc2sccn2c1[N+](=O)[O-]. The Labute approximate surface area is 140 Å². The molecule has 1 aromatic carbocycles. The van der Waals surface area contributed by atoms with Crippen LogP contribution in [0.5, 0.6) is 0 Å². The van der Waals surface area contributed by atoms with Gasteiger partial charge in [0.1, 0.15) is 12.0 Å². The smallest absolute Gasteiger partial charge is 0.361 e. The normalized spacial score (nSPS) is 11.4. The first kappa shape index (κ1) is 14.6. The van der Waals surface area contributed by atoms with Crippen molar-refractivity contribution in [2.24, 2.45) is 0 Å². The van der Waals surface area contributed by atoms with Crippen LogP contribution < -0.4 is 5.32 Å². The number of thiazole rings is 1. The third kappa shape index (κ3) is 2.29. The quantitative estimate of drug-likeness (QED) is 0.445. The molecule has 3 heterocycles. The molecule has 24 heavy (non-hydrogen) atoms. The van der Waals surface area contributed by atoms with Crippen LogP contribution in [0.1, 0.15) is 5.82 Å². The fourth-order valence-electron chi connectivity index (χ4n) is 2.83. The first-order valence-corrected chi connectivity index (χ1v) is 8.29. The Morgan fingerprint density at radius 1 is 1.33 bits per heavy atom. The fraction of sp³-hybridized carbons (Fsp3) is 0.200. The van der Waals surface area contributed by atoms with Crippen LogP contribution in [-0.4, -0.2) is 30.4 Å². The van der Waals surface area contributed by atoms with E-state index < -0.39 is 4.92 Å². The molecular formula is C15H14N6O2S. The predicted molar refractivity (Wildman–Crippen MR) is 92.7 cm³/mol. The van der Waals surface area contributed by atoms with Crippen molar-refractivity contribution in [2.75, 3.05) is 11.9 Å². The number of benzene rings is 1. The number of imidazole rings is 2. The molecule has 8 nitrogen and oxygen atoms in total. The first-order chi connectivity index (χ1) is 11.6. The minimum Gasteiger partial charge on any atom is -0.361 e. The van der Waals surface area contributed by atoms with Crippen molar-refractivity contribution >= 4 is 39.0 Å². The lowest BCUT2D eigenvalue weighted by Crippen LogP contribution is -2.12. The molecule has 0 saturated heterocycles. The van der Waals surface area contributed by atoms with Gasteiger partial charge >= 0.3 is 5.82 Å². The number of anilines is 1. The molecule has 4 rings (SSSR count). The van der Waals surface area contributed by atoms with E-state index in [0.29, 0.717) is 23.9 Å². The third-order valence-electron chi connectivity index (χ3n) is 3.88. The van der Waals surface area contributed by atoms with Crippen LogP contribution in [0, 0.1) is 17.0 Å². The zero-order valence-corrected chi connectivity index (χ0v) is 13.7. The van der Waals surface area contributed by atoms with Crippen LogP contribution in [0.2, 0.25) is 0 Å². The summed E-state index contributed by atoms with van der Waals surface area (Å²) in [6.45, 7) is 3.12. The van der Waals surface area contributed by atoms with Crippen LogP contribution in [0.4, 0.5) is 11.6 Å². The van der Waals surface area contributed by atoms with Crippen molar-refractivity contribution in [3.8, 4) is 0 Å². The average Bonchev–Trinajstić information content (AvgIpc) is 3.20. The van der Waals surface area contributed by atoms with Crippen molar-refractivity contribution < 1.29 is 4.92 Å². The van der Waals surface area contributed by atoms with Gasteiger partial charge in [0.25, 0.3) is 4.96 Å². The number of hydrogen-bond acceptors (Lipinski definition) is 6. The lowest BCUT2D eigenvalue weighted by atomic mass is 10.3. The van der Waals surface area contributed by atoms with E-state index in [9.17, 15) is 10.1 Å². The highest BCUT2D eigenvalue weighted by Crippen LogP contribution is 2.27. The number of rotatable bonds is 5. The molecule has 0 saturated carbocycles. The summed E-state index contributed by atoms with van der Waals surface area (Å²) in [5.74, 6) is 1.19. The van der Waals surface area contributed by atoms with Gasteiger partial charge in [0.05, 0.1) is 11.0 Å². The minimum atomic E-state index is -0.410. The molecular weight excluding hydrogens is 328 g/mol. The predicted octanol–water partition coefficient (Wildman–Crippen LogP) is 3.07. The van der Waals surface area contributed by atoms with Crippen LogP contribution in [0.25, 0.3) is 16.0 Å². The van der Waals surface area contributed by atoms with Gasteiger partial charge in [-0.3, -0.25) is 0 Å². The topological polar surface area (TPSA) is 90.3 Å². The van der Waals surface area contributed by atoms with E-state index in [1.165, 1.54) is 15.7 Å². The molecule has 0 spiro atoms. The van der Waals surface area contributed by atoms with Crippen molar-refractivity contribution in [1.82, 2.24) is 18.9 Å². The van der Waals surface area contributed by atoms with Crippen LogP contribution in [0.3, 0.4) is 0 Å². The molecule has 0 fully saturated rings. The van der Waals surface area contributed by atoms with Gasteiger partial charge < -0.3 is 20.0 Å². The van der Waals surface area contributed by atoms with Crippen LogP contribution in [0.15, 0.2) is 35.8 Å². The largest absolute Gasteiger partial charge is 0.372 e. The van der Waals surface area contributed by atoms with E-state index in [0.717, 1.165) is 16.9 Å². The van der Waals surface area contributed by atoms with Crippen LogP contribution in [-0.2, 0) is 6.54 Å². The Bertz CT molecular complexity index is 1050. The van der Waals surface area contributed by atoms with Gasteiger partial charge in [-0.15, -0.1) is 0 Å². The van der Waals surface area contributed by atoms with E-state index in [-0.39, 0.29) is 5.82 Å². The number of aryl methyl sites for hydroxylation is 1. The molecule has 0 aliphatic carbocycles. The number of para-hydroxylation sites is 2. The summed E-state index contributed by atoms with van der Waals surface area (Å²) in [5, 5.41) is 16.2. The maximum atomic E-state index is 11.3. The molecule has 1 N–H and O–H groups in total. The molecule has 0 bridgehead atoms. The molecule has 3 aromatic heterocycles. The summed E-state index contributed by atoms with van der Waals surface area (Å²) in [5.41, 5.74) is 2.00. The second-order valence-corrected chi connectivity index (χ2v) is 6.20. The maximum absolute atomic E-state index is 11.3. The Hall–Kier alpha value is -2.94. The fourth-order valence-corrected chi connectivity index (χ4v) is 3.54. The zero-order chi connectivity index (χ0) is 16.7. The molecule has 9 heteroatoms. The van der Waals surface area contributed by atoms with Gasteiger partial charge in [-0.2, -0.15) is 9.38 Å². The number of fused-ring (bicyclic) bond motifs is 2. The van der Waals surface area contributed by atoms with Crippen molar-refractivity contribution in [2.45, 2.75) is 13.5 Å². The van der Waals surface area contributed by atoms with Gasteiger partial charge in [-0.25, -0.2) is 4.98 Å². The second kappa shape index (κ2) is 5.60. The highest BCUT2D eigenvalue weighted by Gasteiger charge is 2.23. The molecule has 0 radical (unpaired) electrons. The summed E-state index contributed by atoms with van der Waals surface area (Å²) in [7, 11) is 0. The summed E-state index contributed by atoms with van der Waals surface area (Å²) in [4.78, 5) is 20.3. The lowest BCUT2D eigenvalue weighted by Gasteiger charge is -2.07. The van der Waals surface area contributed by atoms with Gasteiger partial charge in [0, 0.05) is 18.5 Å². The highest BCUT2D eigenvalue weighted by molar-refractivity contribution is 7.15. The molecule has 4 aromatic rings. The zero-order valence-electron chi connectivity index (χ0n) is 12.8. The minimum absolute atomic E-state index is 0.0292. The van der Waals surface area contributed by atoms with Crippen molar-refractivity contribution in [1.29, 1.82) is 0 Å². The van der Waals surface area contributed by atoms with Gasteiger partial charge in [-0.05, 0) is 24.0 Å². The lowest BCUT2D eigenvalue weighted by molar-refractivity contribution is -0.389. The van der Waals surface area contributed by atoms with Crippen molar-refractivity contribution in [3.63, 3.8) is 0 Å². The standard InChI is InChI=1S/C15H14N6O2S/c1-10-17-11-4-2-3-5-12(11)19(10)7-6-16-13-14(21(22)23)20-8-9-24-15(20)18-13/h2-5,8-9,16H,6-7H2,1H3. The third-order valence-corrected chi connectivity index (χ3v) is 4.64. The first-order valence-electron chi connectivity index (χ1n) is 7.41. The second-order valence-electron chi connectivity index (χ2n) is 5.32. The molecule has 122 valence electrons. The van der Waals surface area contributed by atoms with E-state index in [1.807, 2.05) is 31.2 Å². The highest BCUT2D eigenvalue weighted by atomic mass is 32.1. The number of hydrogen-bond donors (Lipinski definition) is 1. The molecule has 0 atom stereocenters. The Balaban J connectivity index is 1.57. The van der Waals surface area contributed by atoms with E-state index in [4.69, 9.17) is 0 Å². The Morgan fingerprint density at radius 2 is 2.17 bits per heavy atom. The molecule has 0 aliphatic heterocycles. The van der Waals surface area contributed by atoms with Crippen LogP contribution >= 0.6 is 11.3 Å². The Morgan fingerprint density at radius 3 is 3.00 bits per heavy atom.